The van der Waals surface area contributed by atoms with Crippen molar-refractivity contribution in [3.63, 3.8) is 0 Å². The van der Waals surface area contributed by atoms with Gasteiger partial charge in [-0.05, 0) is 62.6 Å². The fourth-order valence-electron chi connectivity index (χ4n) is 3.92. The molecule has 0 atom stereocenters. The van der Waals surface area contributed by atoms with Crippen molar-refractivity contribution >= 4 is 38.7 Å². The maximum Gasteiger partial charge on any atom is 0.354 e. The van der Waals surface area contributed by atoms with E-state index in [-0.39, 0.29) is 5.97 Å². The molecule has 4 nitrogen and oxygen atoms in total. The number of benzene rings is 2. The molecule has 4 heteroatoms. The molecule has 0 fully saturated rings. The van der Waals surface area contributed by atoms with Crippen LogP contribution in [0, 0.1) is 20.8 Å². The van der Waals surface area contributed by atoms with Gasteiger partial charge in [-0.15, -0.1) is 0 Å². The van der Waals surface area contributed by atoms with Gasteiger partial charge in [-0.25, -0.2) is 4.79 Å². The van der Waals surface area contributed by atoms with Crippen molar-refractivity contribution in [3.8, 4) is 0 Å². The van der Waals surface area contributed by atoms with Gasteiger partial charge in [-0.2, -0.15) is 0 Å². The molecule has 4 rings (SSSR count). The zero-order chi connectivity index (χ0) is 17.9. The van der Waals surface area contributed by atoms with E-state index in [0.29, 0.717) is 12.3 Å². The minimum atomic E-state index is -0.310. The van der Waals surface area contributed by atoms with Gasteiger partial charge >= 0.3 is 5.97 Å². The second-order valence-electron chi connectivity index (χ2n) is 6.78. The lowest BCUT2D eigenvalue weighted by molar-refractivity contribution is 0.0520. The van der Waals surface area contributed by atoms with Crippen LogP contribution in [0.15, 0.2) is 24.3 Å². The van der Waals surface area contributed by atoms with E-state index in [1.54, 1.807) is 0 Å². The first-order valence-corrected chi connectivity index (χ1v) is 8.61. The average molecular weight is 334 g/mol. The molecule has 0 unspecified atom stereocenters. The Kier molecular flexibility index (Phi) is 3.39. The van der Waals surface area contributed by atoms with Crippen molar-refractivity contribution in [2.75, 3.05) is 6.61 Å². The van der Waals surface area contributed by atoms with Crippen LogP contribution in [0.3, 0.4) is 0 Å². The number of H-pyrrole nitrogens is 1. The molecule has 2 heterocycles. The maximum absolute atomic E-state index is 12.0. The third-order valence-corrected chi connectivity index (χ3v) is 5.21. The molecular formula is C21H22N2O2. The van der Waals surface area contributed by atoms with Crippen molar-refractivity contribution in [2.24, 2.45) is 7.05 Å². The smallest absolute Gasteiger partial charge is 0.354 e. The molecule has 0 saturated heterocycles. The van der Waals surface area contributed by atoms with Gasteiger partial charge < -0.3 is 14.3 Å². The summed E-state index contributed by atoms with van der Waals surface area (Å²) in [5.74, 6) is -0.310. The zero-order valence-electron chi connectivity index (χ0n) is 15.3. The molecule has 128 valence electrons. The van der Waals surface area contributed by atoms with E-state index in [9.17, 15) is 4.79 Å². The quantitative estimate of drug-likeness (QED) is 0.529. The predicted octanol–water partition coefficient (Wildman–Crippen LogP) is 4.91. The van der Waals surface area contributed by atoms with Gasteiger partial charge in [-0.1, -0.05) is 6.07 Å². The van der Waals surface area contributed by atoms with Gasteiger partial charge in [0.2, 0.25) is 0 Å². The Morgan fingerprint density at radius 2 is 1.88 bits per heavy atom. The van der Waals surface area contributed by atoms with Crippen LogP contribution >= 0.6 is 0 Å². The summed E-state index contributed by atoms with van der Waals surface area (Å²) in [7, 11) is 2.10. The Morgan fingerprint density at radius 3 is 2.60 bits per heavy atom. The number of nitrogens with zero attached hydrogens (tertiary/aromatic N) is 1. The number of carbonyl (C=O) groups excluding carboxylic acids is 1. The van der Waals surface area contributed by atoms with Gasteiger partial charge in [0.1, 0.15) is 5.69 Å². The topological polar surface area (TPSA) is 47.0 Å². The summed E-state index contributed by atoms with van der Waals surface area (Å²) in [6.07, 6.45) is 0. The third kappa shape index (κ3) is 2.17. The van der Waals surface area contributed by atoms with Crippen molar-refractivity contribution in [3.05, 3.63) is 46.6 Å². The first kappa shape index (κ1) is 15.8. The molecule has 4 aromatic rings. The van der Waals surface area contributed by atoms with Crippen molar-refractivity contribution in [1.82, 2.24) is 9.55 Å². The second-order valence-corrected chi connectivity index (χ2v) is 6.78. The van der Waals surface area contributed by atoms with Crippen molar-refractivity contribution in [2.45, 2.75) is 27.7 Å². The molecule has 25 heavy (non-hydrogen) atoms. The Hall–Kier alpha value is -2.75. The summed E-state index contributed by atoms with van der Waals surface area (Å²) in [5, 5.41) is 3.56. The normalized spacial score (nSPS) is 11.7. The molecule has 2 aromatic heterocycles. The molecule has 0 saturated carbocycles. The highest BCUT2D eigenvalue weighted by Crippen LogP contribution is 2.36. The van der Waals surface area contributed by atoms with Gasteiger partial charge in [0.15, 0.2) is 0 Å². The Labute approximate surface area is 146 Å². The fourth-order valence-corrected chi connectivity index (χ4v) is 3.92. The molecule has 0 bridgehead atoms. The van der Waals surface area contributed by atoms with E-state index in [1.165, 1.54) is 33.0 Å². The molecule has 0 amide bonds. The van der Waals surface area contributed by atoms with Crippen LogP contribution in [0.25, 0.3) is 32.7 Å². The molecular weight excluding hydrogens is 312 g/mol. The van der Waals surface area contributed by atoms with E-state index >= 15 is 0 Å². The number of aryl methyl sites for hydroxylation is 4. The van der Waals surface area contributed by atoms with E-state index in [2.05, 4.69) is 55.6 Å². The van der Waals surface area contributed by atoms with Gasteiger partial charge in [-0.3, -0.25) is 0 Å². The highest BCUT2D eigenvalue weighted by Gasteiger charge is 2.17. The Balaban J connectivity index is 2.08. The predicted molar refractivity (Wildman–Crippen MR) is 102 cm³/mol. The highest BCUT2D eigenvalue weighted by molar-refractivity contribution is 6.15. The summed E-state index contributed by atoms with van der Waals surface area (Å²) < 4.78 is 7.35. The van der Waals surface area contributed by atoms with Crippen LogP contribution in [0.4, 0.5) is 0 Å². The van der Waals surface area contributed by atoms with Gasteiger partial charge in [0, 0.05) is 28.7 Å². The first-order chi connectivity index (χ1) is 11.9. The number of esters is 1. The lowest BCUT2D eigenvalue weighted by Gasteiger charge is -2.07. The summed E-state index contributed by atoms with van der Waals surface area (Å²) in [5.41, 5.74) is 7.79. The van der Waals surface area contributed by atoms with Crippen LogP contribution in [-0.2, 0) is 11.8 Å². The standard InChI is InChI=1S/C21H22N2O2/c1-6-25-21(24)17-9-14-8-15-18(10-16(14)22-17)23(5)20-12(3)7-11(2)13(4)19(15)20/h7-10,22H,6H2,1-5H3. The summed E-state index contributed by atoms with van der Waals surface area (Å²) in [4.78, 5) is 15.2. The molecule has 2 aromatic carbocycles. The molecule has 0 radical (unpaired) electrons. The average Bonchev–Trinajstić information content (AvgIpc) is 3.10. The number of rotatable bonds is 2. The van der Waals surface area contributed by atoms with E-state index < -0.39 is 0 Å². The zero-order valence-corrected chi connectivity index (χ0v) is 15.3. The number of hydrogen-bond acceptors (Lipinski definition) is 2. The third-order valence-electron chi connectivity index (χ3n) is 5.21. The highest BCUT2D eigenvalue weighted by atomic mass is 16.5. The van der Waals surface area contributed by atoms with Crippen LogP contribution in [-0.4, -0.2) is 22.1 Å². The van der Waals surface area contributed by atoms with Gasteiger partial charge in [0.25, 0.3) is 0 Å². The first-order valence-electron chi connectivity index (χ1n) is 8.61. The lowest BCUT2D eigenvalue weighted by Crippen LogP contribution is -2.04. The fraction of sp³-hybridized carbons (Fsp3) is 0.286. The molecule has 0 spiro atoms. The van der Waals surface area contributed by atoms with E-state index in [4.69, 9.17) is 4.74 Å². The van der Waals surface area contributed by atoms with Crippen LogP contribution in [0.2, 0.25) is 0 Å². The Bertz CT molecular complexity index is 1160. The van der Waals surface area contributed by atoms with Crippen LogP contribution in [0.5, 0.6) is 0 Å². The SMILES string of the molecule is CCOC(=O)c1cc2cc3c4c(C)c(C)cc(C)c4n(C)c3cc2[nH]1. The minimum absolute atomic E-state index is 0.310. The molecule has 0 aliphatic carbocycles. The van der Waals surface area contributed by atoms with E-state index in [0.717, 1.165) is 16.4 Å². The minimum Gasteiger partial charge on any atom is -0.461 e. The van der Waals surface area contributed by atoms with E-state index in [1.807, 2.05) is 13.0 Å². The van der Waals surface area contributed by atoms with Crippen molar-refractivity contribution < 1.29 is 9.53 Å². The molecule has 0 aliphatic rings. The maximum atomic E-state index is 12.0. The van der Waals surface area contributed by atoms with Gasteiger partial charge in [0.05, 0.1) is 17.6 Å². The summed E-state index contributed by atoms with van der Waals surface area (Å²) >= 11 is 0. The number of nitrogens with one attached hydrogen (secondary N) is 1. The summed E-state index contributed by atoms with van der Waals surface area (Å²) in [6, 6.07) is 8.44. The lowest BCUT2D eigenvalue weighted by atomic mass is 9.99. The number of fused-ring (bicyclic) bond motifs is 4. The number of hydrogen-bond donors (Lipinski definition) is 1. The Morgan fingerprint density at radius 1 is 1.12 bits per heavy atom. The second kappa shape index (κ2) is 5.38. The number of aromatic nitrogens is 2. The summed E-state index contributed by atoms with van der Waals surface area (Å²) in [6.45, 7) is 8.70. The molecule has 0 aliphatic heterocycles. The monoisotopic (exact) mass is 334 g/mol. The number of aromatic amines is 1. The largest absolute Gasteiger partial charge is 0.461 e. The molecule has 1 N–H and O–H groups in total. The van der Waals surface area contributed by atoms with Crippen LogP contribution in [0.1, 0.15) is 34.1 Å². The number of ether oxygens (including phenoxy) is 1. The van der Waals surface area contributed by atoms with Crippen LogP contribution < -0.4 is 0 Å². The number of carbonyl (C=O) groups is 1. The van der Waals surface area contributed by atoms with Crippen molar-refractivity contribution in [1.29, 1.82) is 0 Å².